The predicted octanol–water partition coefficient (Wildman–Crippen LogP) is 3.39. The Bertz CT molecular complexity index is 1430. The highest BCUT2D eigenvalue weighted by Crippen LogP contribution is 2.33. The van der Waals surface area contributed by atoms with Gasteiger partial charge in [0.25, 0.3) is 5.91 Å². The molecule has 5 rings (SSSR count). The molecule has 0 bridgehead atoms. The third-order valence-electron chi connectivity index (χ3n) is 5.40. The Morgan fingerprint density at radius 3 is 2.66 bits per heavy atom. The van der Waals surface area contributed by atoms with Crippen LogP contribution in [0.25, 0.3) is 6.08 Å². The number of hydrogen-bond acceptors (Lipinski definition) is 9. The van der Waals surface area contributed by atoms with Gasteiger partial charge in [-0.3, -0.25) is 10.2 Å². The Morgan fingerprint density at radius 1 is 1.17 bits per heavy atom. The van der Waals surface area contributed by atoms with E-state index in [4.69, 9.17) is 19.6 Å². The maximum absolute atomic E-state index is 12.7. The Labute approximate surface area is 205 Å². The molecule has 0 atom stereocenters. The van der Waals surface area contributed by atoms with Gasteiger partial charge < -0.3 is 14.2 Å². The van der Waals surface area contributed by atoms with Gasteiger partial charge in [-0.25, -0.2) is 13.3 Å². The summed E-state index contributed by atoms with van der Waals surface area (Å²) < 4.78 is 45.8. The van der Waals surface area contributed by atoms with Gasteiger partial charge in [-0.2, -0.15) is 9.39 Å². The van der Waals surface area contributed by atoms with Crippen molar-refractivity contribution in [1.29, 1.82) is 5.41 Å². The number of benzene rings is 2. The molecule has 3 heterocycles. The number of fused-ring (bicyclic) bond motifs is 2. The van der Waals surface area contributed by atoms with Crippen molar-refractivity contribution in [2.45, 2.75) is 25.7 Å². The minimum absolute atomic E-state index is 0.0306. The maximum atomic E-state index is 12.7. The van der Waals surface area contributed by atoms with Crippen molar-refractivity contribution in [2.24, 2.45) is 9.39 Å². The van der Waals surface area contributed by atoms with Crippen molar-refractivity contribution < 1.29 is 27.4 Å². The molecule has 0 radical (unpaired) electrons. The molecule has 12 heteroatoms. The molecule has 0 aliphatic carbocycles. The second kappa shape index (κ2) is 8.86. The quantitative estimate of drug-likeness (QED) is 0.477. The van der Waals surface area contributed by atoms with Crippen molar-refractivity contribution in [3.63, 3.8) is 0 Å². The van der Waals surface area contributed by atoms with Crippen LogP contribution in [-0.4, -0.2) is 47.4 Å². The number of nitrogens with zero attached hydrogens (tertiary/aromatic N) is 3. The van der Waals surface area contributed by atoms with E-state index in [2.05, 4.69) is 9.39 Å². The van der Waals surface area contributed by atoms with Crippen molar-refractivity contribution in [3.05, 3.63) is 59.2 Å². The van der Waals surface area contributed by atoms with Crippen molar-refractivity contribution in [1.82, 2.24) is 4.90 Å². The van der Waals surface area contributed by atoms with Gasteiger partial charge >= 0.3 is 0 Å². The highest BCUT2D eigenvalue weighted by Gasteiger charge is 2.43. The van der Waals surface area contributed by atoms with Crippen LogP contribution in [-0.2, 0) is 21.2 Å². The molecule has 1 amide bonds. The number of rotatable bonds is 5. The molecule has 35 heavy (non-hydrogen) atoms. The van der Waals surface area contributed by atoms with Crippen molar-refractivity contribution in [3.8, 4) is 17.2 Å². The minimum Gasteiger partial charge on any atom is -0.489 e. The third-order valence-corrected chi connectivity index (χ3v) is 8.24. The fourth-order valence-corrected chi connectivity index (χ4v) is 5.48. The van der Waals surface area contributed by atoms with Gasteiger partial charge in [-0.1, -0.05) is 18.2 Å². The zero-order chi connectivity index (χ0) is 24.7. The molecule has 3 aliphatic heterocycles. The van der Waals surface area contributed by atoms with Gasteiger partial charge in [0.05, 0.1) is 22.8 Å². The molecule has 2 aromatic carbocycles. The van der Waals surface area contributed by atoms with Crippen LogP contribution < -0.4 is 14.2 Å². The summed E-state index contributed by atoms with van der Waals surface area (Å²) >= 11 is 0.771. The molecule has 10 nitrogen and oxygen atoms in total. The van der Waals surface area contributed by atoms with Gasteiger partial charge in [-0.15, -0.1) is 0 Å². The summed E-state index contributed by atoms with van der Waals surface area (Å²) in [6, 6.07) is 12.6. The molecule has 180 valence electrons. The van der Waals surface area contributed by atoms with E-state index in [9.17, 15) is 13.2 Å². The number of hydrogen-bond donors (Lipinski definition) is 1. The minimum atomic E-state index is -3.77. The smallest absolute Gasteiger partial charge is 0.283 e. The van der Waals surface area contributed by atoms with E-state index in [0.717, 1.165) is 22.4 Å². The maximum Gasteiger partial charge on any atom is 0.283 e. The van der Waals surface area contributed by atoms with Gasteiger partial charge in [0, 0.05) is 0 Å². The van der Waals surface area contributed by atoms with E-state index in [-0.39, 0.29) is 28.5 Å². The number of nitrogens with one attached hydrogen (secondary N) is 1. The predicted molar refractivity (Wildman–Crippen MR) is 132 cm³/mol. The van der Waals surface area contributed by atoms with Crippen LogP contribution in [0.4, 0.5) is 0 Å². The average molecular weight is 513 g/mol. The Kier molecular flexibility index (Phi) is 5.85. The van der Waals surface area contributed by atoms with E-state index in [1.165, 1.54) is 19.9 Å². The van der Waals surface area contributed by atoms with E-state index in [1.807, 2.05) is 18.2 Å². The summed E-state index contributed by atoms with van der Waals surface area (Å²) in [4.78, 5) is 17.6. The molecule has 2 aromatic rings. The lowest BCUT2D eigenvalue weighted by molar-refractivity contribution is -0.114. The number of ether oxygens (including phenoxy) is 3. The number of aliphatic imine (C=N–C) groups is 1. The van der Waals surface area contributed by atoms with Crippen LogP contribution in [0.3, 0.4) is 0 Å². The lowest BCUT2D eigenvalue weighted by Gasteiger charge is -2.25. The van der Waals surface area contributed by atoms with E-state index in [0.29, 0.717) is 29.4 Å². The number of amidine groups is 3. The number of carbonyl (C=O) groups is 1. The van der Waals surface area contributed by atoms with Crippen LogP contribution in [0.5, 0.6) is 17.2 Å². The molecule has 0 aromatic heterocycles. The first-order valence-electron chi connectivity index (χ1n) is 10.6. The number of sulfone groups is 1. The highest BCUT2D eigenvalue weighted by atomic mass is 32.2. The summed E-state index contributed by atoms with van der Waals surface area (Å²) in [5.41, 5.74) is 1.52. The monoisotopic (exact) mass is 512 g/mol. The van der Waals surface area contributed by atoms with Crippen LogP contribution in [0.15, 0.2) is 57.4 Å². The molecule has 1 N–H and O–H groups in total. The Hall–Kier alpha value is -3.64. The van der Waals surface area contributed by atoms with Crippen LogP contribution in [0, 0.1) is 5.41 Å². The van der Waals surface area contributed by atoms with Crippen molar-refractivity contribution in [2.75, 3.05) is 6.79 Å². The first kappa shape index (κ1) is 23.1. The highest BCUT2D eigenvalue weighted by molar-refractivity contribution is 8.16. The number of carbonyl (C=O) groups excluding carboxylic acids is 1. The SMILES string of the molecule is CC(C)S(=O)(=O)C1=NSC2=NC(=O)/C(=C\c3ccc(OCc4ccc5c(c4)OCO5)cc3)C(=N)N21. The van der Waals surface area contributed by atoms with Crippen LogP contribution >= 0.6 is 11.9 Å². The van der Waals surface area contributed by atoms with E-state index < -0.39 is 21.0 Å². The normalized spacial score (nSPS) is 18.1. The van der Waals surface area contributed by atoms with Gasteiger partial charge in [0.15, 0.2) is 11.5 Å². The number of amides is 1. The van der Waals surface area contributed by atoms with Crippen molar-refractivity contribution >= 4 is 49.9 Å². The van der Waals surface area contributed by atoms with Gasteiger partial charge in [0.2, 0.25) is 27.0 Å². The zero-order valence-corrected chi connectivity index (χ0v) is 20.4. The summed E-state index contributed by atoms with van der Waals surface area (Å²) in [5.74, 6) is 1.09. The fraction of sp³-hybridized carbons (Fsp3) is 0.217. The molecular weight excluding hydrogens is 492 g/mol. The summed E-state index contributed by atoms with van der Waals surface area (Å²) in [6.07, 6.45) is 1.50. The first-order valence-corrected chi connectivity index (χ1v) is 12.9. The average Bonchev–Trinajstić information content (AvgIpc) is 3.48. The van der Waals surface area contributed by atoms with E-state index >= 15 is 0 Å². The molecular formula is C23H20N4O6S2. The lowest BCUT2D eigenvalue weighted by Crippen LogP contribution is -2.46. The van der Waals surface area contributed by atoms with Gasteiger partial charge in [-0.05, 0) is 55.3 Å². The summed E-state index contributed by atoms with van der Waals surface area (Å²) in [7, 11) is -3.77. The molecule has 0 unspecified atom stereocenters. The zero-order valence-electron chi connectivity index (χ0n) is 18.7. The van der Waals surface area contributed by atoms with E-state index in [1.54, 1.807) is 24.3 Å². The second-order valence-corrected chi connectivity index (χ2v) is 11.2. The molecule has 0 fully saturated rings. The lowest BCUT2D eigenvalue weighted by atomic mass is 10.1. The topological polar surface area (TPSA) is 131 Å². The molecule has 3 aliphatic rings. The van der Waals surface area contributed by atoms with Gasteiger partial charge in [0.1, 0.15) is 18.2 Å². The molecule has 0 spiro atoms. The standard InChI is InChI=1S/C23H20N4O6S2/c1-13(2)35(29,30)23-26-34-22-25-21(28)17(20(24)27(22)23)9-14-3-6-16(7-4-14)31-11-15-5-8-18-19(10-15)33-12-32-18/h3-10,13,24H,11-12H2,1-2H3/b17-9-,24-20?. The van der Waals surface area contributed by atoms with Crippen LogP contribution in [0.1, 0.15) is 25.0 Å². The molecule has 0 saturated heterocycles. The Balaban J connectivity index is 1.32. The fourth-order valence-electron chi connectivity index (χ4n) is 3.42. The first-order chi connectivity index (χ1) is 16.7. The third kappa shape index (κ3) is 4.30. The van der Waals surface area contributed by atoms with Crippen LogP contribution in [0.2, 0.25) is 0 Å². The summed E-state index contributed by atoms with van der Waals surface area (Å²) in [5, 5.41) is 7.56. The largest absolute Gasteiger partial charge is 0.489 e. The molecule has 0 saturated carbocycles. The Morgan fingerprint density at radius 2 is 1.91 bits per heavy atom. The summed E-state index contributed by atoms with van der Waals surface area (Å²) in [6.45, 7) is 3.60. The second-order valence-electron chi connectivity index (χ2n) is 8.05.